The van der Waals surface area contributed by atoms with Crippen LogP contribution in [0.5, 0.6) is 0 Å². The van der Waals surface area contributed by atoms with E-state index in [1.807, 2.05) is 38.1 Å². The van der Waals surface area contributed by atoms with E-state index in [0.717, 1.165) is 60.6 Å². The van der Waals surface area contributed by atoms with Crippen molar-refractivity contribution in [3.8, 4) is 0 Å². The number of H-pyrrole nitrogens is 1. The molecule has 1 aromatic carbocycles. The van der Waals surface area contributed by atoms with Gasteiger partial charge in [0.05, 0.1) is 90.7 Å². The lowest BCUT2D eigenvalue weighted by Crippen LogP contribution is -2.62. The van der Waals surface area contributed by atoms with Crippen molar-refractivity contribution >= 4 is 105 Å². The van der Waals surface area contributed by atoms with Gasteiger partial charge >= 0.3 is 5.97 Å². The number of carboxylic acids is 1. The van der Waals surface area contributed by atoms with E-state index in [4.69, 9.17) is 22.3 Å². The molecule has 20 N–H and O–H groups in total. The standard InChI is InChI=1S/C86H139N17O18/c1-53(2)43-70(103-101-68(30-33-80(87)116)78(114)48-93-59(8)76(112)46-77(113)69(45-62-47-95-67-24-20-19-23-66(62)67)102-100-64(51-105)44-61-25-28-65(106)29-26-61)83(120)99-86(11,39-22-18-16-14-12-13-15-17-21-38-85(10,89)84(121)98-63(50-104)27-34-81(117)118)79(115)49-94-57(6)74(110)36-41-91-55(4)72(108)32-31-71(107)54(3)90-40-35-73(109)56(5)92-42-37-75(111)58(7)96-52-97-60(9)82(88)119/h19-20,23-25,28,47,50-51,53-60,63-64,68-70,90-97,101,103,106H,12-18,21-22,26-27,29-46,48-49,52,89H2,1-11H3,(H2,87,116)(H2,88,119)(H,98,121)(H,99,120)(H,117,118)/t54-,55-,56-,57-,58-,59-,60+,63-,64-,68-,69-,70-,85+,86-/m0/s1. The van der Waals surface area contributed by atoms with Crippen molar-refractivity contribution in [1.82, 2.24) is 63.7 Å². The van der Waals surface area contributed by atoms with Crippen molar-refractivity contribution in [2.24, 2.45) is 33.3 Å². The van der Waals surface area contributed by atoms with Crippen LogP contribution in [0.3, 0.4) is 0 Å². The maximum atomic E-state index is 14.8. The Hall–Kier alpha value is -9.04. The summed E-state index contributed by atoms with van der Waals surface area (Å²) in [6, 6.07) is -2.75. The Bertz CT molecular complexity index is 3840. The van der Waals surface area contributed by atoms with Gasteiger partial charge in [0.15, 0.2) is 40.5 Å². The number of para-hydroxylation sites is 1. The lowest BCUT2D eigenvalue weighted by atomic mass is 9.88. The summed E-state index contributed by atoms with van der Waals surface area (Å²) in [5.41, 5.74) is 22.7. The van der Waals surface area contributed by atoms with E-state index in [9.17, 15) is 81.8 Å². The van der Waals surface area contributed by atoms with Crippen LogP contribution in [-0.4, -0.2) is 232 Å². The average Bonchev–Trinajstić information content (AvgIpc) is 1.46. The summed E-state index contributed by atoms with van der Waals surface area (Å²) in [4.78, 5) is 211. The van der Waals surface area contributed by atoms with Gasteiger partial charge in [-0.3, -0.25) is 77.8 Å². The SMILES string of the molecule is CC(C)C[C@H](NN[C@@H](CCC(N)=O)C(=O)CN[C@@H](C)C(=O)CC(=O)[C@H](Cc1c[nH]c2ccccc12)N=N[C@H](C=O)CC1=CC=C(O)CC1)C(=O)N[C@@](C)(CCCCCCCCCCC[C@@](C)(N)C(=O)N[C@H](C=O)CCC(=O)O)C(=O)CN[C@@H](C)C(=O)CCN[C@@H](C)C(=O)CCC(=O)[C@H](C)NCCC(=O)[C@H](C)NCCC(=O)[C@H](C)NCN[C@H](C)C(N)=O. The quantitative estimate of drug-likeness (QED) is 0.0111. The number of carbonyl (C=O) groups excluding carboxylic acids is 15. The van der Waals surface area contributed by atoms with Gasteiger partial charge in [-0.2, -0.15) is 10.2 Å². The number of hydrogen-bond donors (Lipinski definition) is 17. The molecule has 3 rings (SSSR count). The lowest BCUT2D eigenvalue weighted by Gasteiger charge is -2.33. The number of rotatable bonds is 72. The first-order valence-electron chi connectivity index (χ1n) is 42.7. The average molecular weight is 1700 g/mol. The molecule has 0 aliphatic heterocycles. The molecule has 0 spiro atoms. The number of aromatic nitrogens is 1. The van der Waals surface area contributed by atoms with Gasteiger partial charge in [0.2, 0.25) is 23.6 Å². The zero-order valence-corrected chi connectivity index (χ0v) is 72.9. The molecule has 1 aromatic heterocycles. The Labute approximate surface area is 711 Å². The fourth-order valence-electron chi connectivity index (χ4n) is 13.3. The zero-order chi connectivity index (χ0) is 90.4. The summed E-state index contributed by atoms with van der Waals surface area (Å²) in [5.74, 6) is -6.47. The minimum Gasteiger partial charge on any atom is -0.512 e. The Kier molecular flexibility index (Phi) is 49.7. The number of hydrogen-bond acceptors (Lipinski definition) is 29. The highest BCUT2D eigenvalue weighted by Gasteiger charge is 2.38. The summed E-state index contributed by atoms with van der Waals surface area (Å²) in [7, 11) is 0. The van der Waals surface area contributed by atoms with Crippen LogP contribution in [0, 0.1) is 5.92 Å². The van der Waals surface area contributed by atoms with Gasteiger partial charge in [-0.25, -0.2) is 10.9 Å². The molecule has 0 fully saturated rings. The number of primary amides is 2. The van der Waals surface area contributed by atoms with Crippen LogP contribution in [0.2, 0.25) is 0 Å². The third kappa shape index (κ3) is 42.1. The monoisotopic (exact) mass is 1700 g/mol. The first-order valence-corrected chi connectivity index (χ1v) is 42.7. The summed E-state index contributed by atoms with van der Waals surface area (Å²) in [6.45, 7) is 18.3. The van der Waals surface area contributed by atoms with Crippen molar-refractivity contribution < 1.29 is 86.9 Å². The molecule has 14 atom stereocenters. The number of fused-ring (bicyclic) bond motifs is 1. The number of aldehydes is 2. The van der Waals surface area contributed by atoms with Crippen LogP contribution >= 0.6 is 0 Å². The highest BCUT2D eigenvalue weighted by Crippen LogP contribution is 2.26. The van der Waals surface area contributed by atoms with E-state index >= 15 is 0 Å². The molecule has 4 amide bonds. The first kappa shape index (κ1) is 106. The minimum atomic E-state index is -1.51. The number of allylic oxidation sites excluding steroid dienone is 3. The summed E-state index contributed by atoms with van der Waals surface area (Å²) >= 11 is 0. The number of aliphatic hydroxyl groups excluding tert-OH is 1. The molecule has 35 nitrogen and oxygen atoms in total. The largest absolute Gasteiger partial charge is 0.512 e. The molecule has 0 saturated heterocycles. The molecular weight excluding hydrogens is 1560 g/mol. The molecule has 0 unspecified atom stereocenters. The molecule has 0 saturated carbocycles. The number of nitrogens with zero attached hydrogens (tertiary/aromatic N) is 2. The number of benzene rings is 1. The van der Waals surface area contributed by atoms with Crippen LogP contribution in [0.15, 0.2) is 64.2 Å². The number of carbonyl (C=O) groups is 16. The Morgan fingerprint density at radius 1 is 0.537 bits per heavy atom. The second-order valence-electron chi connectivity index (χ2n) is 33.0. The van der Waals surface area contributed by atoms with Crippen molar-refractivity contribution in [1.29, 1.82) is 0 Å². The number of carboxylic acid groups (broad SMARTS) is 1. The number of aromatic amines is 1. The Morgan fingerprint density at radius 2 is 1.05 bits per heavy atom. The van der Waals surface area contributed by atoms with Crippen LogP contribution in [0.25, 0.3) is 10.9 Å². The molecule has 1 aliphatic rings. The highest BCUT2D eigenvalue weighted by atomic mass is 16.4. The zero-order valence-electron chi connectivity index (χ0n) is 72.9. The molecule has 1 heterocycles. The lowest BCUT2D eigenvalue weighted by molar-refractivity contribution is -0.138. The molecule has 0 bridgehead atoms. The normalized spacial score (nSPS) is 16.4. The van der Waals surface area contributed by atoms with Crippen LogP contribution < -0.4 is 75.9 Å². The number of Topliss-reactive ketones (excluding diaryl/α,β-unsaturated/α-hetero) is 9. The van der Waals surface area contributed by atoms with E-state index in [-0.39, 0.29) is 157 Å². The molecule has 121 heavy (non-hydrogen) atoms. The smallest absolute Gasteiger partial charge is 0.303 e. The fraction of sp³-hybridized carbons (Fsp3) is 0.674. The third-order valence-corrected chi connectivity index (χ3v) is 22.0. The van der Waals surface area contributed by atoms with E-state index in [2.05, 4.69) is 73.9 Å². The van der Waals surface area contributed by atoms with Gasteiger partial charge in [-0.1, -0.05) is 101 Å². The van der Waals surface area contributed by atoms with Crippen molar-refractivity contribution in [2.75, 3.05) is 39.4 Å². The van der Waals surface area contributed by atoms with Crippen LogP contribution in [0.4, 0.5) is 0 Å². The molecule has 1 aliphatic carbocycles. The number of hydrazine groups is 1. The van der Waals surface area contributed by atoms with Crippen molar-refractivity contribution in [2.45, 2.75) is 327 Å². The number of ketones is 9. The fourth-order valence-corrected chi connectivity index (χ4v) is 13.3. The van der Waals surface area contributed by atoms with Crippen molar-refractivity contribution in [3.63, 3.8) is 0 Å². The van der Waals surface area contributed by atoms with Gasteiger partial charge in [0.1, 0.15) is 42.3 Å². The van der Waals surface area contributed by atoms with Gasteiger partial charge in [-0.15, -0.1) is 0 Å². The van der Waals surface area contributed by atoms with E-state index < -0.39 is 149 Å². The molecule has 35 heteroatoms. The van der Waals surface area contributed by atoms with Gasteiger partial charge in [0, 0.05) is 101 Å². The van der Waals surface area contributed by atoms with E-state index in [0.29, 0.717) is 51.1 Å². The van der Waals surface area contributed by atoms with Gasteiger partial charge < -0.3 is 79.2 Å². The summed E-state index contributed by atoms with van der Waals surface area (Å²) < 4.78 is 0. The van der Waals surface area contributed by atoms with Gasteiger partial charge in [-0.05, 0) is 131 Å². The number of nitrogens with two attached hydrogens (primary N) is 3. The van der Waals surface area contributed by atoms with E-state index in [1.54, 1.807) is 73.7 Å². The number of aliphatic hydroxyl groups is 1. The predicted molar refractivity (Wildman–Crippen MR) is 459 cm³/mol. The van der Waals surface area contributed by atoms with Crippen LogP contribution in [0.1, 0.15) is 242 Å². The number of nitrogens with one attached hydrogen (secondary N) is 12. The number of aliphatic carboxylic acids is 1. The molecule has 0 radical (unpaired) electrons. The topological polar surface area (TPSA) is 564 Å². The molecular formula is C86H139N17O18. The Balaban J connectivity index is 1.67. The third-order valence-electron chi connectivity index (χ3n) is 22.0. The second-order valence-corrected chi connectivity index (χ2v) is 33.0. The molecule has 2 aromatic rings. The minimum absolute atomic E-state index is 0.0324. The van der Waals surface area contributed by atoms with Crippen LogP contribution in [-0.2, 0) is 83.1 Å². The summed E-state index contributed by atoms with van der Waals surface area (Å²) in [6.07, 6.45) is 13.8. The predicted octanol–water partition coefficient (Wildman–Crippen LogP) is 3.98. The maximum absolute atomic E-state index is 14.8. The number of azo groups is 1. The second kappa shape index (κ2) is 56.6. The highest BCUT2D eigenvalue weighted by molar-refractivity contribution is 6.04. The first-order chi connectivity index (χ1) is 57.2. The number of unbranched alkanes of at least 4 members (excludes halogenated alkanes) is 8. The molecule has 676 valence electrons. The maximum Gasteiger partial charge on any atom is 0.303 e. The van der Waals surface area contributed by atoms with Crippen molar-refractivity contribution in [3.05, 3.63) is 59.5 Å². The van der Waals surface area contributed by atoms with Gasteiger partial charge in [0.25, 0.3) is 0 Å². The van der Waals surface area contributed by atoms with E-state index in [1.165, 1.54) is 6.92 Å². The Morgan fingerprint density at radius 3 is 1.58 bits per heavy atom. The number of amides is 4. The summed E-state index contributed by atoms with van der Waals surface area (Å²) in [5, 5.41) is 54.8.